The standard InChI is InChI=1S/C13H25N3O2/c1-10-8-11(9-16(10)12-4-5-12)15-13(17)14-6-3-7-18-2/h10-12H,3-9H2,1-2H3,(H2,14,15,17)/t10-,11-/m0/s1. The first kappa shape index (κ1) is 13.6. The minimum atomic E-state index is -0.0408. The fraction of sp³-hybridized carbons (Fsp3) is 0.923. The van der Waals surface area contributed by atoms with Crippen molar-refractivity contribution in [2.24, 2.45) is 0 Å². The van der Waals surface area contributed by atoms with E-state index in [0.717, 1.165) is 25.4 Å². The Morgan fingerprint density at radius 1 is 1.44 bits per heavy atom. The first-order valence-electron chi connectivity index (χ1n) is 6.99. The number of amides is 2. The number of methoxy groups -OCH3 is 1. The summed E-state index contributed by atoms with van der Waals surface area (Å²) in [6, 6.07) is 1.66. The van der Waals surface area contributed by atoms with E-state index in [1.54, 1.807) is 7.11 Å². The molecule has 104 valence electrons. The Morgan fingerprint density at radius 3 is 2.89 bits per heavy atom. The van der Waals surface area contributed by atoms with Crippen molar-refractivity contribution in [1.29, 1.82) is 0 Å². The van der Waals surface area contributed by atoms with Crippen LogP contribution in [0.5, 0.6) is 0 Å². The highest BCUT2D eigenvalue weighted by molar-refractivity contribution is 5.74. The average molecular weight is 255 g/mol. The highest BCUT2D eigenvalue weighted by atomic mass is 16.5. The van der Waals surface area contributed by atoms with Crippen LogP contribution in [0.2, 0.25) is 0 Å². The number of hydrogen-bond acceptors (Lipinski definition) is 3. The predicted octanol–water partition coefficient (Wildman–Crippen LogP) is 0.947. The van der Waals surface area contributed by atoms with E-state index in [-0.39, 0.29) is 6.03 Å². The average Bonchev–Trinajstić information content (AvgIpc) is 3.10. The predicted molar refractivity (Wildman–Crippen MR) is 70.6 cm³/mol. The molecule has 0 spiro atoms. The Labute approximate surface area is 109 Å². The SMILES string of the molecule is COCCCNC(=O)N[C@H]1C[C@H](C)N(C2CC2)C1. The van der Waals surface area contributed by atoms with E-state index in [1.165, 1.54) is 12.8 Å². The van der Waals surface area contributed by atoms with Gasteiger partial charge in [-0.2, -0.15) is 0 Å². The molecule has 1 heterocycles. The van der Waals surface area contributed by atoms with Crippen LogP contribution < -0.4 is 10.6 Å². The zero-order chi connectivity index (χ0) is 13.0. The molecule has 1 aliphatic heterocycles. The van der Waals surface area contributed by atoms with Crippen LogP contribution >= 0.6 is 0 Å². The lowest BCUT2D eigenvalue weighted by atomic mass is 10.2. The molecule has 2 fully saturated rings. The topological polar surface area (TPSA) is 53.6 Å². The highest BCUT2D eigenvalue weighted by Gasteiger charge is 2.39. The minimum Gasteiger partial charge on any atom is -0.385 e. The van der Waals surface area contributed by atoms with Crippen molar-refractivity contribution < 1.29 is 9.53 Å². The van der Waals surface area contributed by atoms with Crippen LogP contribution in [0, 0.1) is 0 Å². The molecule has 2 amide bonds. The number of nitrogens with one attached hydrogen (secondary N) is 2. The molecule has 0 bridgehead atoms. The molecule has 1 saturated heterocycles. The summed E-state index contributed by atoms with van der Waals surface area (Å²) in [5.74, 6) is 0. The summed E-state index contributed by atoms with van der Waals surface area (Å²) < 4.78 is 4.94. The van der Waals surface area contributed by atoms with E-state index in [2.05, 4.69) is 22.5 Å². The maximum atomic E-state index is 11.7. The number of carbonyl (C=O) groups excluding carboxylic acids is 1. The maximum absolute atomic E-state index is 11.7. The van der Waals surface area contributed by atoms with Crippen molar-refractivity contribution >= 4 is 6.03 Å². The second-order valence-electron chi connectivity index (χ2n) is 5.46. The molecular weight excluding hydrogens is 230 g/mol. The van der Waals surface area contributed by atoms with E-state index in [4.69, 9.17) is 4.74 Å². The van der Waals surface area contributed by atoms with E-state index in [0.29, 0.717) is 25.2 Å². The zero-order valence-corrected chi connectivity index (χ0v) is 11.4. The molecular formula is C13H25N3O2. The molecule has 1 aliphatic carbocycles. The smallest absolute Gasteiger partial charge is 0.315 e. The van der Waals surface area contributed by atoms with Gasteiger partial charge in [0.1, 0.15) is 0 Å². The first-order valence-corrected chi connectivity index (χ1v) is 6.99. The molecule has 5 heteroatoms. The van der Waals surface area contributed by atoms with Crippen molar-refractivity contribution in [1.82, 2.24) is 15.5 Å². The van der Waals surface area contributed by atoms with Gasteiger partial charge in [0.25, 0.3) is 0 Å². The van der Waals surface area contributed by atoms with Crippen molar-refractivity contribution in [2.75, 3.05) is 26.8 Å². The van der Waals surface area contributed by atoms with E-state index < -0.39 is 0 Å². The maximum Gasteiger partial charge on any atom is 0.315 e. The quantitative estimate of drug-likeness (QED) is 0.695. The third-order valence-corrected chi connectivity index (χ3v) is 3.78. The van der Waals surface area contributed by atoms with E-state index in [9.17, 15) is 4.79 Å². The Bertz CT molecular complexity index is 281. The van der Waals surface area contributed by atoms with Gasteiger partial charge in [-0.1, -0.05) is 0 Å². The number of urea groups is 1. The number of hydrogen-bond donors (Lipinski definition) is 2. The van der Waals surface area contributed by atoms with Gasteiger partial charge in [-0.05, 0) is 32.6 Å². The van der Waals surface area contributed by atoms with Crippen LogP contribution in [-0.4, -0.2) is 55.9 Å². The van der Waals surface area contributed by atoms with E-state index in [1.807, 2.05) is 0 Å². The number of rotatable bonds is 6. The van der Waals surface area contributed by atoms with Crippen LogP contribution in [0.15, 0.2) is 0 Å². The minimum absolute atomic E-state index is 0.0408. The summed E-state index contributed by atoms with van der Waals surface area (Å²) in [4.78, 5) is 14.2. The molecule has 2 N–H and O–H groups in total. The summed E-state index contributed by atoms with van der Waals surface area (Å²) in [6.07, 6.45) is 4.60. The van der Waals surface area contributed by atoms with Crippen LogP contribution in [0.3, 0.4) is 0 Å². The normalized spacial score (nSPS) is 28.3. The molecule has 5 nitrogen and oxygen atoms in total. The third kappa shape index (κ3) is 3.85. The number of ether oxygens (including phenoxy) is 1. The van der Waals surface area contributed by atoms with Crippen LogP contribution in [0.4, 0.5) is 4.79 Å². The van der Waals surface area contributed by atoms with Gasteiger partial charge in [0.05, 0.1) is 0 Å². The van der Waals surface area contributed by atoms with Gasteiger partial charge in [-0.15, -0.1) is 0 Å². The Balaban J connectivity index is 1.62. The fourth-order valence-corrected chi connectivity index (χ4v) is 2.73. The van der Waals surface area contributed by atoms with Gasteiger partial charge in [-0.25, -0.2) is 4.79 Å². The zero-order valence-electron chi connectivity index (χ0n) is 11.4. The molecule has 2 aliphatic rings. The Kier molecular flexibility index (Phi) is 4.83. The molecule has 0 aromatic carbocycles. The van der Waals surface area contributed by atoms with Crippen molar-refractivity contribution in [3.8, 4) is 0 Å². The lowest BCUT2D eigenvalue weighted by molar-refractivity contribution is 0.193. The molecule has 0 aromatic heterocycles. The summed E-state index contributed by atoms with van der Waals surface area (Å²) >= 11 is 0. The lowest BCUT2D eigenvalue weighted by Crippen LogP contribution is -2.43. The Hall–Kier alpha value is -0.810. The van der Waals surface area contributed by atoms with Gasteiger partial charge in [0, 0.05) is 44.9 Å². The summed E-state index contributed by atoms with van der Waals surface area (Å²) in [5.41, 5.74) is 0. The van der Waals surface area contributed by atoms with Gasteiger partial charge < -0.3 is 15.4 Å². The van der Waals surface area contributed by atoms with Crippen LogP contribution in [0.1, 0.15) is 32.6 Å². The largest absolute Gasteiger partial charge is 0.385 e. The van der Waals surface area contributed by atoms with Gasteiger partial charge >= 0.3 is 6.03 Å². The molecule has 18 heavy (non-hydrogen) atoms. The van der Waals surface area contributed by atoms with Crippen LogP contribution in [0.25, 0.3) is 0 Å². The fourth-order valence-electron chi connectivity index (χ4n) is 2.73. The number of likely N-dealkylation sites (tertiary alicyclic amines) is 1. The molecule has 2 rings (SSSR count). The van der Waals surface area contributed by atoms with Crippen molar-refractivity contribution in [2.45, 2.75) is 50.7 Å². The van der Waals surface area contributed by atoms with Crippen molar-refractivity contribution in [3.63, 3.8) is 0 Å². The van der Waals surface area contributed by atoms with Gasteiger partial charge in [0.2, 0.25) is 0 Å². The number of nitrogens with zero attached hydrogens (tertiary/aromatic N) is 1. The summed E-state index contributed by atoms with van der Waals surface area (Å²) in [7, 11) is 1.67. The lowest BCUT2D eigenvalue weighted by Gasteiger charge is -2.19. The van der Waals surface area contributed by atoms with Crippen LogP contribution in [-0.2, 0) is 4.74 Å². The second kappa shape index (κ2) is 6.38. The highest BCUT2D eigenvalue weighted by Crippen LogP contribution is 2.33. The second-order valence-corrected chi connectivity index (χ2v) is 5.46. The molecule has 0 aromatic rings. The summed E-state index contributed by atoms with van der Waals surface area (Å²) in [6.45, 7) is 4.64. The summed E-state index contributed by atoms with van der Waals surface area (Å²) in [5, 5.41) is 5.94. The van der Waals surface area contributed by atoms with Gasteiger partial charge in [-0.3, -0.25) is 4.90 Å². The molecule has 2 atom stereocenters. The molecule has 0 unspecified atom stereocenters. The van der Waals surface area contributed by atoms with Gasteiger partial charge in [0.15, 0.2) is 0 Å². The molecule has 1 saturated carbocycles. The Morgan fingerprint density at radius 2 is 2.22 bits per heavy atom. The molecule has 0 radical (unpaired) electrons. The third-order valence-electron chi connectivity index (χ3n) is 3.78. The first-order chi connectivity index (χ1) is 8.70. The van der Waals surface area contributed by atoms with E-state index >= 15 is 0 Å². The number of carbonyl (C=O) groups is 1. The monoisotopic (exact) mass is 255 g/mol. The van der Waals surface area contributed by atoms with Crippen molar-refractivity contribution in [3.05, 3.63) is 0 Å².